The van der Waals surface area contributed by atoms with Crippen LogP contribution in [0.15, 0.2) is 40.7 Å². The fourth-order valence-electron chi connectivity index (χ4n) is 1.78. The Morgan fingerprint density at radius 3 is 2.74 bits per heavy atom. The second kappa shape index (κ2) is 8.18. The molecule has 8 nitrogen and oxygen atoms in total. The molecule has 0 atom stereocenters. The van der Waals surface area contributed by atoms with Gasteiger partial charge >= 0.3 is 0 Å². The van der Waals surface area contributed by atoms with Crippen molar-refractivity contribution in [3.05, 3.63) is 46.3 Å². The highest BCUT2D eigenvalue weighted by Crippen LogP contribution is 2.16. The number of thioether (sulfide) groups is 1. The molecule has 0 aliphatic carbocycles. The molecule has 0 aliphatic rings. The van der Waals surface area contributed by atoms with E-state index in [-0.39, 0.29) is 5.69 Å². The van der Waals surface area contributed by atoms with Gasteiger partial charge in [-0.25, -0.2) is 4.98 Å². The number of hydrazone groups is 1. The van der Waals surface area contributed by atoms with E-state index in [1.165, 1.54) is 23.9 Å². The lowest BCUT2D eigenvalue weighted by Crippen LogP contribution is -2.09. The van der Waals surface area contributed by atoms with Gasteiger partial charge in [-0.05, 0) is 24.8 Å². The monoisotopic (exact) mass is 332 g/mol. The van der Waals surface area contributed by atoms with Crippen LogP contribution in [0.4, 0.5) is 11.4 Å². The predicted octanol–water partition coefficient (Wildman–Crippen LogP) is 3.12. The number of rotatable bonds is 7. The third kappa shape index (κ3) is 4.71. The second-order valence-corrected chi connectivity index (χ2v) is 5.33. The van der Waals surface area contributed by atoms with Crippen LogP contribution in [0.2, 0.25) is 0 Å². The Morgan fingerprint density at radius 1 is 1.39 bits per heavy atom. The van der Waals surface area contributed by atoms with Crippen molar-refractivity contribution >= 4 is 28.8 Å². The van der Waals surface area contributed by atoms with Gasteiger partial charge in [-0.2, -0.15) is 10.2 Å². The summed E-state index contributed by atoms with van der Waals surface area (Å²) in [5.74, 6) is 0. The van der Waals surface area contributed by atoms with E-state index in [1.807, 2.05) is 13.2 Å². The van der Waals surface area contributed by atoms with E-state index in [1.54, 1.807) is 18.3 Å². The number of benzene rings is 1. The maximum atomic E-state index is 10.6. The smallest absolute Gasteiger partial charge is 0.269 e. The molecular weight excluding hydrogens is 316 g/mol. The molecule has 0 saturated carbocycles. The van der Waals surface area contributed by atoms with E-state index in [2.05, 4.69) is 25.7 Å². The van der Waals surface area contributed by atoms with E-state index in [9.17, 15) is 10.1 Å². The molecule has 0 aliphatic heterocycles. The highest BCUT2D eigenvalue weighted by atomic mass is 32.2. The van der Waals surface area contributed by atoms with E-state index in [0.29, 0.717) is 16.5 Å². The van der Waals surface area contributed by atoms with Gasteiger partial charge in [0.2, 0.25) is 5.16 Å². The van der Waals surface area contributed by atoms with Crippen LogP contribution in [0.3, 0.4) is 0 Å². The summed E-state index contributed by atoms with van der Waals surface area (Å²) in [5.41, 5.74) is 5.03. The predicted molar refractivity (Wildman–Crippen MR) is 89.8 cm³/mol. The number of anilines is 1. The molecule has 0 saturated heterocycles. The van der Waals surface area contributed by atoms with E-state index >= 15 is 0 Å². The van der Waals surface area contributed by atoms with Gasteiger partial charge in [-0.3, -0.25) is 15.5 Å². The first kappa shape index (κ1) is 16.8. The van der Waals surface area contributed by atoms with E-state index in [0.717, 1.165) is 18.6 Å². The Balaban J connectivity index is 2.19. The number of aromatic nitrogens is 3. The SMILES string of the molecule is CCC/C(=N/Nc1ccc([N+](=O)[O-])cc1)c1cnnc(SC)n1. The summed E-state index contributed by atoms with van der Waals surface area (Å²) in [6.45, 7) is 2.05. The van der Waals surface area contributed by atoms with Crippen LogP contribution < -0.4 is 5.43 Å². The van der Waals surface area contributed by atoms with Gasteiger partial charge in [-0.1, -0.05) is 25.1 Å². The highest BCUT2D eigenvalue weighted by Gasteiger charge is 2.08. The Kier molecular flexibility index (Phi) is 5.98. The summed E-state index contributed by atoms with van der Waals surface area (Å²) in [6, 6.07) is 6.07. The van der Waals surface area contributed by atoms with Crippen molar-refractivity contribution in [3.63, 3.8) is 0 Å². The zero-order valence-electron chi connectivity index (χ0n) is 12.8. The Hall–Kier alpha value is -2.55. The highest BCUT2D eigenvalue weighted by molar-refractivity contribution is 7.98. The van der Waals surface area contributed by atoms with Gasteiger partial charge in [0, 0.05) is 12.1 Å². The van der Waals surface area contributed by atoms with Crippen molar-refractivity contribution in [1.29, 1.82) is 0 Å². The first-order valence-corrected chi connectivity index (χ1v) is 8.17. The minimum absolute atomic E-state index is 0.0397. The summed E-state index contributed by atoms with van der Waals surface area (Å²) in [6.07, 6.45) is 5.09. The summed E-state index contributed by atoms with van der Waals surface area (Å²) in [4.78, 5) is 14.6. The first-order valence-electron chi connectivity index (χ1n) is 6.95. The largest absolute Gasteiger partial charge is 0.278 e. The lowest BCUT2D eigenvalue weighted by Gasteiger charge is -2.06. The minimum Gasteiger partial charge on any atom is -0.278 e. The van der Waals surface area contributed by atoms with Crippen LogP contribution in [-0.2, 0) is 0 Å². The van der Waals surface area contributed by atoms with Crippen LogP contribution in [-0.4, -0.2) is 32.1 Å². The maximum absolute atomic E-state index is 10.6. The zero-order valence-corrected chi connectivity index (χ0v) is 13.6. The average Bonchev–Trinajstić information content (AvgIpc) is 2.59. The van der Waals surface area contributed by atoms with Crippen LogP contribution >= 0.6 is 11.8 Å². The summed E-state index contributed by atoms with van der Waals surface area (Å²) in [5, 5.41) is 23.4. The van der Waals surface area contributed by atoms with Gasteiger partial charge in [0.05, 0.1) is 22.5 Å². The lowest BCUT2D eigenvalue weighted by atomic mass is 10.2. The summed E-state index contributed by atoms with van der Waals surface area (Å²) in [7, 11) is 0. The molecule has 9 heteroatoms. The molecule has 1 heterocycles. The summed E-state index contributed by atoms with van der Waals surface area (Å²) >= 11 is 1.41. The molecule has 0 radical (unpaired) electrons. The molecule has 0 amide bonds. The molecule has 0 spiro atoms. The van der Waals surface area contributed by atoms with Crippen molar-refractivity contribution in [2.45, 2.75) is 24.9 Å². The first-order chi connectivity index (χ1) is 11.1. The standard InChI is InChI=1S/C14H16N6O2S/c1-3-4-12(13-9-15-19-14(16-13)23-2)18-17-10-5-7-11(8-6-10)20(21)22/h5-9,17H,3-4H2,1-2H3/b18-12-. The second-order valence-electron chi connectivity index (χ2n) is 4.55. The Labute approximate surface area is 137 Å². The molecule has 2 rings (SSSR count). The molecule has 1 N–H and O–H groups in total. The molecule has 0 fully saturated rings. The van der Waals surface area contributed by atoms with Crippen molar-refractivity contribution < 1.29 is 4.92 Å². The molecule has 0 unspecified atom stereocenters. The molecule has 23 heavy (non-hydrogen) atoms. The van der Waals surface area contributed by atoms with Crippen LogP contribution in [0.1, 0.15) is 25.5 Å². The number of nitrogens with zero attached hydrogens (tertiary/aromatic N) is 5. The van der Waals surface area contributed by atoms with E-state index < -0.39 is 4.92 Å². The molecule has 1 aromatic heterocycles. The average molecular weight is 332 g/mol. The van der Waals surface area contributed by atoms with Gasteiger partial charge in [0.25, 0.3) is 5.69 Å². The summed E-state index contributed by atoms with van der Waals surface area (Å²) < 4.78 is 0. The number of hydrogen-bond acceptors (Lipinski definition) is 8. The van der Waals surface area contributed by atoms with Crippen LogP contribution in [0, 0.1) is 10.1 Å². The Morgan fingerprint density at radius 2 is 2.13 bits per heavy atom. The number of hydrogen-bond donors (Lipinski definition) is 1. The molecule has 2 aromatic rings. The third-order valence-corrected chi connectivity index (χ3v) is 3.44. The number of non-ortho nitro benzene ring substituents is 1. The van der Waals surface area contributed by atoms with Gasteiger partial charge in [0.15, 0.2) is 0 Å². The number of nitrogens with one attached hydrogen (secondary N) is 1. The van der Waals surface area contributed by atoms with E-state index in [4.69, 9.17) is 0 Å². The topological polar surface area (TPSA) is 106 Å². The van der Waals surface area contributed by atoms with Crippen molar-refractivity contribution in [3.8, 4) is 0 Å². The maximum Gasteiger partial charge on any atom is 0.269 e. The zero-order chi connectivity index (χ0) is 16.7. The van der Waals surface area contributed by atoms with Crippen LogP contribution in [0.5, 0.6) is 0 Å². The van der Waals surface area contributed by atoms with Crippen molar-refractivity contribution in [2.75, 3.05) is 11.7 Å². The fraction of sp³-hybridized carbons (Fsp3) is 0.286. The molecule has 0 bridgehead atoms. The van der Waals surface area contributed by atoms with Gasteiger partial charge in [-0.15, -0.1) is 5.10 Å². The number of nitro benzene ring substituents is 1. The minimum atomic E-state index is -0.438. The van der Waals surface area contributed by atoms with Crippen molar-refractivity contribution in [1.82, 2.24) is 15.2 Å². The molecular formula is C14H16N6O2S. The third-order valence-electron chi connectivity index (χ3n) is 2.90. The normalized spacial score (nSPS) is 11.3. The lowest BCUT2D eigenvalue weighted by molar-refractivity contribution is -0.384. The van der Waals surface area contributed by atoms with Gasteiger partial charge < -0.3 is 0 Å². The van der Waals surface area contributed by atoms with Gasteiger partial charge in [0.1, 0.15) is 5.69 Å². The quantitative estimate of drug-likeness (QED) is 0.359. The van der Waals surface area contributed by atoms with Crippen molar-refractivity contribution in [2.24, 2.45) is 5.10 Å². The van der Waals surface area contributed by atoms with Crippen LogP contribution in [0.25, 0.3) is 0 Å². The number of nitro groups is 1. The fourth-order valence-corrected chi connectivity index (χ4v) is 2.10. The Bertz CT molecular complexity index is 705. The molecule has 1 aromatic carbocycles. The molecule has 120 valence electrons.